The molecule has 2 aliphatic rings. The normalized spacial score (nSPS) is 17.8. The van der Waals surface area contributed by atoms with Crippen LogP contribution in [0.25, 0.3) is 11.5 Å². The summed E-state index contributed by atoms with van der Waals surface area (Å²) in [5.74, 6) is 1.15. The first-order valence-electron chi connectivity index (χ1n) is 9.66. The quantitative estimate of drug-likeness (QED) is 0.693. The van der Waals surface area contributed by atoms with Crippen LogP contribution in [0, 0.1) is 0 Å². The van der Waals surface area contributed by atoms with Gasteiger partial charge in [0.1, 0.15) is 5.69 Å². The van der Waals surface area contributed by atoms with Crippen LogP contribution in [0.1, 0.15) is 18.7 Å². The highest BCUT2D eigenvalue weighted by Crippen LogP contribution is 2.27. The van der Waals surface area contributed by atoms with E-state index < -0.39 is 0 Å². The monoisotopic (exact) mass is 401 g/mol. The fraction of sp³-hybridized carbons (Fsp3) is 0.556. The van der Waals surface area contributed by atoms with E-state index in [2.05, 4.69) is 25.0 Å². The average Bonchev–Trinajstić information content (AvgIpc) is 3.21. The number of carbonyl (C=O) groups excluding carboxylic acids is 2. The molecule has 0 radical (unpaired) electrons. The van der Waals surface area contributed by atoms with Gasteiger partial charge in [-0.15, -0.1) is 0 Å². The topological polar surface area (TPSA) is 118 Å². The minimum Gasteiger partial charge on any atom is -0.450 e. The minimum absolute atomic E-state index is 0.0673. The summed E-state index contributed by atoms with van der Waals surface area (Å²) in [7, 11) is 0. The molecule has 0 N–H and O–H groups in total. The summed E-state index contributed by atoms with van der Waals surface area (Å²) in [4.78, 5) is 42.3. The molecular formula is C18H23N7O4. The number of ether oxygens (including phenoxy) is 1. The van der Waals surface area contributed by atoms with Crippen LogP contribution in [-0.2, 0) is 9.53 Å². The van der Waals surface area contributed by atoms with Crippen LogP contribution >= 0.6 is 0 Å². The number of piperazine rings is 1. The van der Waals surface area contributed by atoms with Crippen molar-refractivity contribution in [1.29, 1.82) is 0 Å². The molecule has 4 rings (SSSR count). The second-order valence-corrected chi connectivity index (χ2v) is 7.00. The Morgan fingerprint density at radius 3 is 2.62 bits per heavy atom. The number of nitrogens with zero attached hydrogens (tertiary/aromatic N) is 7. The van der Waals surface area contributed by atoms with Crippen LogP contribution in [0.15, 0.2) is 23.1 Å². The van der Waals surface area contributed by atoms with E-state index in [0.717, 1.165) is 0 Å². The Bertz CT molecular complexity index is 845. The van der Waals surface area contributed by atoms with Gasteiger partial charge in [0.2, 0.25) is 17.6 Å². The molecule has 4 heterocycles. The molecule has 2 saturated heterocycles. The Hall–Kier alpha value is -3.08. The summed E-state index contributed by atoms with van der Waals surface area (Å²) < 4.78 is 10.3. The van der Waals surface area contributed by atoms with Gasteiger partial charge in [0.15, 0.2) is 0 Å². The van der Waals surface area contributed by atoms with Gasteiger partial charge in [-0.25, -0.2) is 9.78 Å². The third-order valence-corrected chi connectivity index (χ3v) is 5.06. The standard InChI is InChI=1S/C18H23N7O4/c1-2-28-18(27)25-7-5-24(6-8-25)15(26)12-23-10-13(11-23)17-21-16(22-29-17)14-9-19-3-4-20-14/h3-4,9,13H,2,5-8,10-12H2,1H3. The molecule has 2 fully saturated rings. The van der Waals surface area contributed by atoms with Gasteiger partial charge in [0.05, 0.1) is 25.3 Å². The summed E-state index contributed by atoms with van der Waals surface area (Å²) in [6.07, 6.45) is 4.43. The Balaban J connectivity index is 1.22. The van der Waals surface area contributed by atoms with Gasteiger partial charge in [-0.05, 0) is 6.92 Å². The molecule has 2 aliphatic heterocycles. The zero-order chi connectivity index (χ0) is 20.2. The van der Waals surface area contributed by atoms with Crippen molar-refractivity contribution in [2.24, 2.45) is 0 Å². The smallest absolute Gasteiger partial charge is 0.409 e. The van der Waals surface area contributed by atoms with Crippen molar-refractivity contribution in [2.75, 3.05) is 52.4 Å². The lowest BCUT2D eigenvalue weighted by Crippen LogP contribution is -2.55. The summed E-state index contributed by atoms with van der Waals surface area (Å²) >= 11 is 0. The fourth-order valence-electron chi connectivity index (χ4n) is 3.42. The average molecular weight is 401 g/mol. The van der Waals surface area contributed by atoms with Crippen molar-refractivity contribution in [2.45, 2.75) is 12.8 Å². The van der Waals surface area contributed by atoms with E-state index in [9.17, 15) is 9.59 Å². The highest BCUT2D eigenvalue weighted by atomic mass is 16.6. The maximum Gasteiger partial charge on any atom is 0.409 e. The number of hydrogen-bond donors (Lipinski definition) is 0. The molecule has 0 aromatic carbocycles. The van der Waals surface area contributed by atoms with Crippen LogP contribution in [-0.4, -0.2) is 99.2 Å². The lowest BCUT2D eigenvalue weighted by molar-refractivity contribution is -0.135. The van der Waals surface area contributed by atoms with Crippen LogP contribution in [0.2, 0.25) is 0 Å². The number of hydrogen-bond acceptors (Lipinski definition) is 9. The predicted octanol–water partition coefficient (Wildman–Crippen LogP) is 0.227. The second kappa shape index (κ2) is 8.52. The van der Waals surface area contributed by atoms with Gasteiger partial charge >= 0.3 is 6.09 Å². The molecule has 0 unspecified atom stereocenters. The van der Waals surface area contributed by atoms with Crippen molar-refractivity contribution >= 4 is 12.0 Å². The van der Waals surface area contributed by atoms with Crippen LogP contribution < -0.4 is 0 Å². The number of amides is 2. The van der Waals surface area contributed by atoms with Gasteiger partial charge in [-0.3, -0.25) is 14.7 Å². The van der Waals surface area contributed by atoms with Crippen molar-refractivity contribution in [1.82, 2.24) is 34.8 Å². The fourth-order valence-corrected chi connectivity index (χ4v) is 3.42. The summed E-state index contributed by atoms with van der Waals surface area (Å²) in [5, 5.41) is 3.96. The van der Waals surface area contributed by atoms with Crippen molar-refractivity contribution in [3.63, 3.8) is 0 Å². The molecule has 0 aliphatic carbocycles. The van der Waals surface area contributed by atoms with Gasteiger partial charge < -0.3 is 19.1 Å². The zero-order valence-electron chi connectivity index (χ0n) is 16.2. The highest BCUT2D eigenvalue weighted by Gasteiger charge is 2.35. The number of aromatic nitrogens is 4. The molecular weight excluding hydrogens is 378 g/mol. The highest BCUT2D eigenvalue weighted by molar-refractivity contribution is 5.79. The van der Waals surface area contributed by atoms with Gasteiger partial charge in [0.25, 0.3) is 0 Å². The summed E-state index contributed by atoms with van der Waals surface area (Å²) in [5.41, 5.74) is 0.566. The lowest BCUT2D eigenvalue weighted by Gasteiger charge is -2.39. The first-order chi connectivity index (χ1) is 14.1. The van der Waals surface area contributed by atoms with E-state index in [4.69, 9.17) is 9.26 Å². The van der Waals surface area contributed by atoms with Gasteiger partial charge in [-0.1, -0.05) is 5.16 Å². The molecule has 154 valence electrons. The predicted molar refractivity (Wildman–Crippen MR) is 99.7 cm³/mol. The van der Waals surface area contributed by atoms with E-state index in [-0.39, 0.29) is 17.9 Å². The number of carbonyl (C=O) groups is 2. The lowest BCUT2D eigenvalue weighted by atomic mass is 10.0. The van der Waals surface area contributed by atoms with Crippen molar-refractivity contribution < 1.29 is 18.8 Å². The van der Waals surface area contributed by atoms with Gasteiger partial charge in [-0.2, -0.15) is 4.98 Å². The molecule has 2 aromatic rings. The number of likely N-dealkylation sites (tertiary alicyclic amines) is 1. The molecule has 2 aromatic heterocycles. The molecule has 2 amide bonds. The molecule has 0 saturated carbocycles. The van der Waals surface area contributed by atoms with Gasteiger partial charge in [0, 0.05) is 51.7 Å². The molecule has 0 atom stereocenters. The maximum absolute atomic E-state index is 12.5. The Kier molecular flexibility index (Phi) is 5.65. The Labute approximate surface area is 167 Å². The Morgan fingerprint density at radius 1 is 1.17 bits per heavy atom. The summed E-state index contributed by atoms with van der Waals surface area (Å²) in [6, 6.07) is 0. The zero-order valence-corrected chi connectivity index (χ0v) is 16.2. The van der Waals surface area contributed by atoms with Crippen LogP contribution in [0.4, 0.5) is 4.79 Å². The first-order valence-corrected chi connectivity index (χ1v) is 9.66. The second-order valence-electron chi connectivity index (χ2n) is 7.00. The summed E-state index contributed by atoms with van der Waals surface area (Å²) in [6.45, 7) is 5.92. The molecule has 11 heteroatoms. The van der Waals surface area contributed by atoms with E-state index in [1.165, 1.54) is 0 Å². The third-order valence-electron chi connectivity index (χ3n) is 5.06. The van der Waals surface area contributed by atoms with E-state index in [1.807, 2.05) is 0 Å². The van der Waals surface area contributed by atoms with E-state index >= 15 is 0 Å². The SMILES string of the molecule is CCOC(=O)N1CCN(C(=O)CN2CC(c3nc(-c4cnccn4)no3)C2)CC1. The molecule has 0 spiro atoms. The third kappa shape index (κ3) is 4.34. The van der Waals surface area contributed by atoms with E-state index in [1.54, 1.807) is 35.3 Å². The Morgan fingerprint density at radius 2 is 1.93 bits per heavy atom. The molecule has 0 bridgehead atoms. The molecule has 29 heavy (non-hydrogen) atoms. The molecule has 11 nitrogen and oxygen atoms in total. The number of rotatable bonds is 5. The maximum atomic E-state index is 12.5. The minimum atomic E-state index is -0.314. The van der Waals surface area contributed by atoms with Crippen LogP contribution in [0.3, 0.4) is 0 Å². The van der Waals surface area contributed by atoms with Crippen molar-refractivity contribution in [3.8, 4) is 11.5 Å². The first kappa shape index (κ1) is 19.2. The van der Waals surface area contributed by atoms with E-state index in [0.29, 0.717) is 69.8 Å². The largest absolute Gasteiger partial charge is 0.450 e. The van der Waals surface area contributed by atoms with Crippen LogP contribution in [0.5, 0.6) is 0 Å². The van der Waals surface area contributed by atoms with Crippen molar-refractivity contribution in [3.05, 3.63) is 24.5 Å².